The monoisotopic (exact) mass is 461 g/mol. The van der Waals surface area contributed by atoms with Crippen molar-refractivity contribution >= 4 is 27.6 Å². The van der Waals surface area contributed by atoms with Crippen LogP contribution in [0.15, 0.2) is 72.8 Å². The summed E-state index contributed by atoms with van der Waals surface area (Å²) < 4.78 is 42.5. The Labute approximate surface area is 186 Å². The van der Waals surface area contributed by atoms with Crippen molar-refractivity contribution in [2.24, 2.45) is 0 Å². The number of hydrogen-bond donors (Lipinski definition) is 0. The van der Waals surface area contributed by atoms with Gasteiger partial charge in [0.25, 0.3) is 5.91 Å². The molecule has 0 saturated carbocycles. The van der Waals surface area contributed by atoms with E-state index in [0.717, 1.165) is 0 Å². The Morgan fingerprint density at radius 2 is 1.61 bits per heavy atom. The Balaban J connectivity index is 1.96. The second-order valence-electron chi connectivity index (χ2n) is 6.80. The van der Waals surface area contributed by atoms with E-state index in [1.807, 2.05) is 0 Å². The normalized spacial score (nSPS) is 11.2. The lowest BCUT2D eigenvalue weighted by molar-refractivity contribution is 0.0729. The molecule has 0 radical (unpaired) electrons. The van der Waals surface area contributed by atoms with E-state index in [1.165, 1.54) is 24.0 Å². The maximum atomic E-state index is 13.3. The van der Waals surface area contributed by atoms with E-state index in [2.05, 4.69) is 0 Å². The van der Waals surface area contributed by atoms with Gasteiger partial charge in [-0.2, -0.15) is 8.42 Å². The Kier molecular flexibility index (Phi) is 7.30. The largest absolute Gasteiger partial charge is 0.382 e. The molecular weight excluding hydrogens is 441 g/mol. The van der Waals surface area contributed by atoms with E-state index in [-0.39, 0.29) is 36.3 Å². The predicted octanol–water partition coefficient (Wildman–Crippen LogP) is 5.05. The molecule has 0 heterocycles. The summed E-state index contributed by atoms with van der Waals surface area (Å²) in [5, 5.41) is 0.301. The molecule has 0 fully saturated rings. The smallest absolute Gasteiger partial charge is 0.308 e. The van der Waals surface area contributed by atoms with E-state index in [0.29, 0.717) is 21.7 Å². The van der Waals surface area contributed by atoms with Crippen molar-refractivity contribution in [3.63, 3.8) is 0 Å². The van der Waals surface area contributed by atoms with Crippen LogP contribution in [0.2, 0.25) is 5.02 Å². The number of hydrogen-bond acceptors (Lipinski definition) is 4. The zero-order chi connectivity index (χ0) is 22.4. The molecule has 0 aliphatic carbocycles. The third kappa shape index (κ3) is 6.06. The van der Waals surface area contributed by atoms with Gasteiger partial charge in [-0.05, 0) is 42.8 Å². The highest BCUT2D eigenvalue weighted by Gasteiger charge is 2.21. The van der Waals surface area contributed by atoms with Crippen LogP contribution in [0.5, 0.6) is 5.75 Å². The first kappa shape index (κ1) is 22.8. The van der Waals surface area contributed by atoms with Crippen molar-refractivity contribution in [3.05, 3.63) is 100 Å². The second-order valence-corrected chi connectivity index (χ2v) is 9.07. The molecule has 5 nitrogen and oxygen atoms in total. The van der Waals surface area contributed by atoms with E-state index in [1.54, 1.807) is 60.7 Å². The number of carbonyl (C=O) groups excluding carboxylic acids is 1. The fourth-order valence-corrected chi connectivity index (χ4v) is 3.70. The fourth-order valence-electron chi connectivity index (χ4n) is 2.93. The Morgan fingerprint density at radius 3 is 2.29 bits per heavy atom. The quantitative estimate of drug-likeness (QED) is 0.440. The Morgan fingerprint density at radius 1 is 0.968 bits per heavy atom. The number of nitrogens with zero attached hydrogens (tertiary/aromatic N) is 1. The molecule has 31 heavy (non-hydrogen) atoms. The molecule has 162 valence electrons. The highest BCUT2D eigenvalue weighted by Crippen LogP contribution is 2.25. The van der Waals surface area contributed by atoms with Gasteiger partial charge >= 0.3 is 10.1 Å². The van der Waals surface area contributed by atoms with E-state index in [4.69, 9.17) is 15.8 Å². The summed E-state index contributed by atoms with van der Waals surface area (Å²) in [6, 6.07) is 19.1. The van der Waals surface area contributed by atoms with Crippen molar-refractivity contribution in [1.82, 2.24) is 4.90 Å². The van der Waals surface area contributed by atoms with Crippen LogP contribution in [0, 0.1) is 5.82 Å². The van der Waals surface area contributed by atoms with Gasteiger partial charge < -0.3 is 9.08 Å². The van der Waals surface area contributed by atoms with Crippen LogP contribution in [-0.2, 0) is 23.2 Å². The first-order valence-corrected chi connectivity index (χ1v) is 11.5. The molecule has 0 N–H and O–H groups in total. The van der Waals surface area contributed by atoms with Crippen molar-refractivity contribution in [1.29, 1.82) is 0 Å². The molecule has 3 aromatic rings. The molecular formula is C23H21ClFNO4S. The number of benzene rings is 3. The van der Waals surface area contributed by atoms with Crippen molar-refractivity contribution in [2.75, 3.05) is 5.75 Å². The average molecular weight is 462 g/mol. The lowest BCUT2D eigenvalue weighted by Crippen LogP contribution is -2.30. The van der Waals surface area contributed by atoms with Gasteiger partial charge in [0.2, 0.25) is 0 Å². The van der Waals surface area contributed by atoms with Gasteiger partial charge in [0.15, 0.2) is 0 Å². The lowest BCUT2D eigenvalue weighted by atomic mass is 10.1. The minimum Gasteiger partial charge on any atom is -0.382 e. The molecule has 0 aromatic heterocycles. The van der Waals surface area contributed by atoms with Crippen molar-refractivity contribution in [3.8, 4) is 5.75 Å². The molecule has 0 atom stereocenters. The molecule has 1 amide bonds. The Hall–Kier alpha value is -2.90. The summed E-state index contributed by atoms with van der Waals surface area (Å²) in [5.74, 6) is -0.751. The maximum Gasteiger partial charge on any atom is 0.308 e. The summed E-state index contributed by atoms with van der Waals surface area (Å²) in [6.45, 7) is 1.72. The average Bonchev–Trinajstić information content (AvgIpc) is 2.76. The molecule has 0 aliphatic heterocycles. The summed E-state index contributed by atoms with van der Waals surface area (Å²) in [4.78, 5) is 14.8. The van der Waals surface area contributed by atoms with Crippen LogP contribution in [0.4, 0.5) is 4.39 Å². The summed E-state index contributed by atoms with van der Waals surface area (Å²) in [5.41, 5.74) is 1.54. The number of halogens is 2. The third-order valence-corrected chi connectivity index (χ3v) is 6.05. The van der Waals surface area contributed by atoms with Gasteiger partial charge in [-0.1, -0.05) is 54.1 Å². The van der Waals surface area contributed by atoms with Gasteiger partial charge in [-0.15, -0.1) is 0 Å². The number of amides is 1. The number of para-hydroxylation sites is 1. The van der Waals surface area contributed by atoms with Gasteiger partial charge in [0.05, 0.1) is 22.9 Å². The lowest BCUT2D eigenvalue weighted by Gasteiger charge is -2.24. The predicted molar refractivity (Wildman–Crippen MR) is 118 cm³/mol. The number of rotatable bonds is 8. The van der Waals surface area contributed by atoms with Crippen LogP contribution < -0.4 is 4.18 Å². The highest BCUT2D eigenvalue weighted by molar-refractivity contribution is 7.87. The zero-order valence-corrected chi connectivity index (χ0v) is 18.4. The number of carbonyl (C=O) groups is 1. The highest BCUT2D eigenvalue weighted by atomic mass is 35.5. The Bertz CT molecular complexity index is 1170. The molecule has 0 saturated heterocycles. The topological polar surface area (TPSA) is 63.7 Å². The first-order valence-electron chi connectivity index (χ1n) is 9.57. The van der Waals surface area contributed by atoms with Crippen molar-refractivity contribution in [2.45, 2.75) is 20.0 Å². The molecule has 0 spiro atoms. The van der Waals surface area contributed by atoms with Crippen molar-refractivity contribution < 1.29 is 21.8 Å². The summed E-state index contributed by atoms with van der Waals surface area (Å²) in [7, 11) is -3.74. The molecule has 0 unspecified atom stereocenters. The molecule has 8 heteroatoms. The van der Waals surface area contributed by atoms with Gasteiger partial charge in [0.1, 0.15) is 11.6 Å². The standard InChI is InChI=1S/C23H21ClFNO4S/c1-2-31(28,29)30-22-10-6-3-7-18(22)16-26(15-17-11-13-19(25)14-12-17)23(27)20-8-4-5-9-21(20)24/h3-14H,2,15-16H2,1H3. The van der Waals surface area contributed by atoms with Gasteiger partial charge in [-0.25, -0.2) is 4.39 Å². The van der Waals surface area contributed by atoms with Crippen LogP contribution in [0.3, 0.4) is 0 Å². The zero-order valence-electron chi connectivity index (χ0n) is 16.8. The fraction of sp³-hybridized carbons (Fsp3) is 0.174. The van der Waals surface area contributed by atoms with Gasteiger partial charge in [0, 0.05) is 12.1 Å². The first-order chi connectivity index (χ1) is 14.8. The molecule has 3 rings (SSSR count). The summed E-state index contributed by atoms with van der Waals surface area (Å²) in [6.07, 6.45) is 0. The molecule has 3 aromatic carbocycles. The SMILES string of the molecule is CCS(=O)(=O)Oc1ccccc1CN(Cc1ccc(F)cc1)C(=O)c1ccccc1Cl. The van der Waals surface area contributed by atoms with Crippen LogP contribution in [0.25, 0.3) is 0 Å². The summed E-state index contributed by atoms with van der Waals surface area (Å²) >= 11 is 6.23. The molecule has 0 bridgehead atoms. The molecule has 0 aliphatic rings. The third-order valence-electron chi connectivity index (χ3n) is 4.58. The van der Waals surface area contributed by atoms with E-state index < -0.39 is 10.1 Å². The second kappa shape index (κ2) is 9.94. The van der Waals surface area contributed by atoms with E-state index in [9.17, 15) is 17.6 Å². The van der Waals surface area contributed by atoms with Crippen LogP contribution in [-0.4, -0.2) is 25.0 Å². The minimum absolute atomic E-state index is 0.0663. The minimum atomic E-state index is -3.74. The van der Waals surface area contributed by atoms with Crippen LogP contribution in [0.1, 0.15) is 28.4 Å². The maximum absolute atomic E-state index is 13.3. The van der Waals surface area contributed by atoms with Crippen LogP contribution >= 0.6 is 11.6 Å². The van der Waals surface area contributed by atoms with Gasteiger partial charge in [-0.3, -0.25) is 4.79 Å². The van der Waals surface area contributed by atoms with E-state index >= 15 is 0 Å².